The molecule has 0 radical (unpaired) electrons. The van der Waals surface area contributed by atoms with Gasteiger partial charge in [0.1, 0.15) is 24.1 Å². The van der Waals surface area contributed by atoms with Gasteiger partial charge in [-0.05, 0) is 102 Å². The lowest BCUT2D eigenvalue weighted by Gasteiger charge is -2.54. The summed E-state index contributed by atoms with van der Waals surface area (Å²) in [6.07, 6.45) is 4.79. The van der Waals surface area contributed by atoms with Crippen LogP contribution in [0.2, 0.25) is 0 Å². The van der Waals surface area contributed by atoms with Crippen LogP contribution in [-0.2, 0) is 27.3 Å². The highest BCUT2D eigenvalue weighted by atomic mass is 16.5. The number of carbonyl (C=O) groups is 4. The summed E-state index contributed by atoms with van der Waals surface area (Å²) in [5.41, 5.74) is 9.06. The number of hydrogen-bond donors (Lipinski definition) is 2. The third-order valence-electron chi connectivity index (χ3n) is 14.9. The van der Waals surface area contributed by atoms with Crippen LogP contribution in [0.3, 0.4) is 0 Å². The molecule has 12 nitrogen and oxygen atoms in total. The molecule has 1 aliphatic carbocycles. The number of fused-ring (bicyclic) bond motifs is 6. The van der Waals surface area contributed by atoms with Crippen LogP contribution in [0.4, 0.5) is 11.4 Å². The maximum Gasteiger partial charge on any atom is 0.255 e. The van der Waals surface area contributed by atoms with Crippen molar-refractivity contribution in [2.45, 2.75) is 69.0 Å². The molecular weight excluding hydrogens is 769 g/mol. The molecule has 4 aromatic rings. The van der Waals surface area contributed by atoms with E-state index < -0.39 is 11.9 Å². The molecule has 4 fully saturated rings. The molecule has 12 heteroatoms. The molecule has 4 atom stereocenters. The number of ether oxygens (including phenoxy) is 1. The van der Waals surface area contributed by atoms with Crippen molar-refractivity contribution in [3.05, 3.63) is 118 Å². The molecule has 4 saturated heterocycles. The summed E-state index contributed by atoms with van der Waals surface area (Å²) in [7, 11) is 0. The van der Waals surface area contributed by atoms with Crippen molar-refractivity contribution >= 4 is 35.0 Å². The first kappa shape index (κ1) is 38.1. The smallest absolute Gasteiger partial charge is 0.255 e. The van der Waals surface area contributed by atoms with E-state index in [1.807, 2.05) is 29.2 Å². The van der Waals surface area contributed by atoms with Crippen LogP contribution in [0.1, 0.15) is 82.1 Å². The molecule has 0 bridgehead atoms. The maximum absolute atomic E-state index is 13.7. The fraction of sp³-hybridized carbons (Fsp3) is 0.429. The number of aryl methyl sites for hydroxylation is 1. The first-order valence-electron chi connectivity index (χ1n) is 22.1. The van der Waals surface area contributed by atoms with Gasteiger partial charge >= 0.3 is 0 Å². The fourth-order valence-corrected chi connectivity index (χ4v) is 11.7. The molecule has 2 N–H and O–H groups in total. The Bertz CT molecular complexity index is 2410. The standard InChI is InChI=1S/C49H52N6O6/c56-36-11-13-38-33(24-36)8-12-37(31-4-2-1-3-5-31)45(38)32-6-9-34(10-7-32)52-20-18-49(19-21-52)29-51(30-49)27-44(58)53-22-23-54-35(25-53)28-61-46-40-26-55(42-16-17-43(57)50-47(42)59)48(60)39(40)14-15-41(46)54/h1-7,9-11,13-15,24,35,37,42,45,56H,8,12,16-23,25-30H2,(H,50,57,59)/t35-,37+,42?,45-/m0/s1. The van der Waals surface area contributed by atoms with E-state index >= 15 is 0 Å². The molecule has 7 aliphatic rings. The predicted octanol–water partition coefficient (Wildman–Crippen LogP) is 5.03. The van der Waals surface area contributed by atoms with Crippen LogP contribution in [0, 0.1) is 5.41 Å². The van der Waals surface area contributed by atoms with E-state index in [4.69, 9.17) is 4.74 Å². The minimum Gasteiger partial charge on any atom is -0.508 e. The lowest BCUT2D eigenvalue weighted by molar-refractivity contribution is -0.138. The molecule has 0 saturated carbocycles. The number of carbonyl (C=O) groups excluding carboxylic acids is 4. The molecule has 314 valence electrons. The van der Waals surface area contributed by atoms with Crippen molar-refractivity contribution in [1.82, 2.24) is 20.0 Å². The number of amides is 4. The number of anilines is 2. The second-order valence-electron chi connectivity index (χ2n) is 18.5. The largest absolute Gasteiger partial charge is 0.508 e. The van der Waals surface area contributed by atoms with Gasteiger partial charge in [-0.3, -0.25) is 29.4 Å². The first-order valence-corrected chi connectivity index (χ1v) is 22.1. The van der Waals surface area contributed by atoms with Crippen molar-refractivity contribution < 1.29 is 29.0 Å². The van der Waals surface area contributed by atoms with Gasteiger partial charge in [-0.2, -0.15) is 0 Å². The van der Waals surface area contributed by atoms with Gasteiger partial charge in [0.25, 0.3) is 5.91 Å². The zero-order valence-electron chi connectivity index (χ0n) is 34.4. The highest BCUT2D eigenvalue weighted by Crippen LogP contribution is 2.48. The molecule has 4 aromatic carbocycles. The second-order valence-corrected chi connectivity index (χ2v) is 18.5. The molecule has 6 aliphatic heterocycles. The number of aromatic hydroxyl groups is 1. The summed E-state index contributed by atoms with van der Waals surface area (Å²) in [5, 5.41) is 12.6. The number of nitrogens with zero attached hydrogens (tertiary/aromatic N) is 5. The minimum atomic E-state index is -0.671. The quantitative estimate of drug-likeness (QED) is 0.258. The third kappa shape index (κ3) is 6.70. The van der Waals surface area contributed by atoms with Gasteiger partial charge in [-0.25, -0.2) is 0 Å². The van der Waals surface area contributed by atoms with Crippen molar-refractivity contribution in [2.75, 3.05) is 68.8 Å². The van der Waals surface area contributed by atoms with Crippen molar-refractivity contribution in [2.24, 2.45) is 5.41 Å². The van der Waals surface area contributed by atoms with Crippen molar-refractivity contribution in [1.29, 1.82) is 0 Å². The van der Waals surface area contributed by atoms with Gasteiger partial charge < -0.3 is 29.4 Å². The normalized spacial score (nSPS) is 25.5. The summed E-state index contributed by atoms with van der Waals surface area (Å²) in [5.74, 6) is 0.884. The van der Waals surface area contributed by atoms with Crippen LogP contribution in [0.15, 0.2) is 84.9 Å². The number of phenolic OH excluding ortho intramolecular Hbond substituents is 1. The summed E-state index contributed by atoms with van der Waals surface area (Å²) >= 11 is 0. The van der Waals surface area contributed by atoms with E-state index in [-0.39, 0.29) is 48.1 Å². The summed E-state index contributed by atoms with van der Waals surface area (Å²) in [4.78, 5) is 62.1. The van der Waals surface area contributed by atoms with E-state index in [0.29, 0.717) is 62.2 Å². The van der Waals surface area contributed by atoms with Gasteiger partial charge in [0.2, 0.25) is 17.7 Å². The fourth-order valence-electron chi connectivity index (χ4n) is 11.7. The van der Waals surface area contributed by atoms with Crippen molar-refractivity contribution in [3.63, 3.8) is 0 Å². The number of imide groups is 1. The zero-order chi connectivity index (χ0) is 41.4. The third-order valence-corrected chi connectivity index (χ3v) is 14.9. The van der Waals surface area contributed by atoms with Crippen LogP contribution in [-0.4, -0.2) is 114 Å². The number of piperidine rings is 2. The minimum absolute atomic E-state index is 0.0194. The molecule has 1 spiro atoms. The Balaban J connectivity index is 0.679. The monoisotopic (exact) mass is 820 g/mol. The van der Waals surface area contributed by atoms with Gasteiger partial charge in [-0.15, -0.1) is 0 Å². The van der Waals surface area contributed by atoms with Crippen LogP contribution in [0.5, 0.6) is 11.5 Å². The Labute approximate surface area is 356 Å². The Hall–Kier alpha value is -5.88. The highest BCUT2D eigenvalue weighted by Gasteiger charge is 2.47. The van der Waals surface area contributed by atoms with Gasteiger partial charge in [0, 0.05) is 75.0 Å². The Morgan fingerprint density at radius 1 is 0.836 bits per heavy atom. The zero-order valence-corrected chi connectivity index (χ0v) is 34.4. The number of benzene rings is 4. The van der Waals surface area contributed by atoms with Crippen LogP contribution < -0.4 is 19.9 Å². The SMILES string of the molecule is O=C1CCC(N2Cc3c(ccc4c3OC[C@@H]3CN(C(=O)CN5CC6(CCN(c7ccc([C@@H]8c9ccc(O)cc9CC[C@@H]8c8ccccc8)cc7)CC6)C5)CCN43)C2=O)C(=O)N1. The number of nitrogens with one attached hydrogen (secondary N) is 1. The van der Waals surface area contributed by atoms with E-state index in [0.717, 1.165) is 63.1 Å². The van der Waals surface area contributed by atoms with E-state index in [9.17, 15) is 24.3 Å². The Morgan fingerprint density at radius 3 is 2.43 bits per heavy atom. The van der Waals surface area contributed by atoms with Gasteiger partial charge in [0.15, 0.2) is 0 Å². The molecule has 6 heterocycles. The maximum atomic E-state index is 13.7. The van der Waals surface area contributed by atoms with Crippen LogP contribution >= 0.6 is 0 Å². The second kappa shape index (κ2) is 14.9. The van der Waals surface area contributed by atoms with Crippen LogP contribution in [0.25, 0.3) is 0 Å². The Kier molecular flexibility index (Phi) is 9.32. The molecule has 11 rings (SSSR count). The average molecular weight is 821 g/mol. The predicted molar refractivity (Wildman–Crippen MR) is 230 cm³/mol. The number of phenols is 1. The van der Waals surface area contributed by atoms with E-state index in [1.165, 1.54) is 27.9 Å². The number of likely N-dealkylation sites (tertiary alicyclic amines) is 1. The van der Waals surface area contributed by atoms with Crippen molar-refractivity contribution in [3.8, 4) is 11.5 Å². The Morgan fingerprint density at radius 2 is 1.64 bits per heavy atom. The first-order chi connectivity index (χ1) is 29.7. The summed E-state index contributed by atoms with van der Waals surface area (Å²) < 4.78 is 6.36. The molecule has 0 aromatic heterocycles. The number of rotatable bonds is 6. The molecule has 1 unspecified atom stereocenters. The summed E-state index contributed by atoms with van der Waals surface area (Å²) in [6, 6.07) is 29.1. The highest BCUT2D eigenvalue weighted by molar-refractivity contribution is 6.06. The van der Waals surface area contributed by atoms with E-state index in [1.54, 1.807) is 4.90 Å². The lowest BCUT2D eigenvalue weighted by Crippen LogP contribution is -2.64. The van der Waals surface area contributed by atoms with Gasteiger partial charge in [-0.1, -0.05) is 48.5 Å². The average Bonchev–Trinajstić information content (AvgIpc) is 3.61. The molecule has 4 amide bonds. The van der Waals surface area contributed by atoms with Gasteiger partial charge in [0.05, 0.1) is 24.8 Å². The number of hydrogen-bond acceptors (Lipinski definition) is 9. The summed E-state index contributed by atoms with van der Waals surface area (Å²) in [6.45, 7) is 6.98. The topological polar surface area (TPSA) is 126 Å². The number of piperazine rings is 1. The lowest BCUT2D eigenvalue weighted by atomic mass is 9.69. The molecular formula is C49H52N6O6. The molecule has 61 heavy (non-hydrogen) atoms. The van der Waals surface area contributed by atoms with E-state index in [2.05, 4.69) is 80.7 Å².